The summed E-state index contributed by atoms with van der Waals surface area (Å²) in [5.41, 5.74) is 0. The van der Waals surface area contributed by atoms with Crippen molar-refractivity contribution in [1.82, 2.24) is 4.90 Å². The van der Waals surface area contributed by atoms with Gasteiger partial charge in [-0.15, -0.1) is 0 Å². The molecule has 0 amide bonds. The highest BCUT2D eigenvalue weighted by atomic mass is 16.3. The van der Waals surface area contributed by atoms with Crippen molar-refractivity contribution in [1.29, 1.82) is 0 Å². The van der Waals surface area contributed by atoms with E-state index < -0.39 is 0 Å². The van der Waals surface area contributed by atoms with E-state index in [-0.39, 0.29) is 6.10 Å². The first kappa shape index (κ1) is 7.03. The second-order valence-electron chi connectivity index (χ2n) is 3.01. The van der Waals surface area contributed by atoms with Gasteiger partial charge in [-0.1, -0.05) is 0 Å². The van der Waals surface area contributed by atoms with Crippen LogP contribution < -0.4 is 0 Å². The van der Waals surface area contributed by atoms with E-state index in [1.165, 1.54) is 0 Å². The molecule has 0 aromatic heterocycles. The number of hydrogen-bond acceptors (Lipinski definition) is 2. The summed E-state index contributed by atoms with van der Waals surface area (Å²) in [6, 6.07) is 0.564. The highest BCUT2D eigenvalue weighted by Crippen LogP contribution is 2.14. The molecule has 0 aliphatic carbocycles. The molecule has 0 saturated carbocycles. The van der Waals surface area contributed by atoms with Gasteiger partial charge < -0.3 is 10.0 Å². The molecule has 2 nitrogen and oxygen atoms in total. The molecule has 1 rings (SSSR count). The van der Waals surface area contributed by atoms with Gasteiger partial charge >= 0.3 is 0 Å². The topological polar surface area (TPSA) is 23.5 Å². The largest absolute Gasteiger partial charge is 0.393 e. The van der Waals surface area contributed by atoms with Crippen molar-refractivity contribution in [3.8, 4) is 0 Å². The zero-order valence-corrected chi connectivity index (χ0v) is 6.17. The maximum absolute atomic E-state index is 9.17. The second-order valence-corrected chi connectivity index (χ2v) is 3.01. The lowest BCUT2D eigenvalue weighted by molar-refractivity contribution is 0.0624. The second kappa shape index (κ2) is 2.67. The molecule has 54 valence electrons. The van der Waals surface area contributed by atoms with Gasteiger partial charge in [-0.25, -0.2) is 0 Å². The first-order chi connectivity index (χ1) is 4.20. The van der Waals surface area contributed by atoms with Gasteiger partial charge in [0.25, 0.3) is 0 Å². The zero-order chi connectivity index (χ0) is 6.85. The SMILES string of the molecule is C[C@H]1C[C@@H](O)CCN1C. The van der Waals surface area contributed by atoms with Crippen molar-refractivity contribution in [2.75, 3.05) is 13.6 Å². The minimum absolute atomic E-state index is 0.0452. The Labute approximate surface area is 56.5 Å². The maximum Gasteiger partial charge on any atom is 0.0567 e. The average Bonchev–Trinajstić information content (AvgIpc) is 1.80. The number of nitrogens with zero attached hydrogens (tertiary/aromatic N) is 1. The molecule has 0 unspecified atom stereocenters. The fraction of sp³-hybridized carbons (Fsp3) is 1.00. The van der Waals surface area contributed by atoms with Crippen LogP contribution in [0.1, 0.15) is 19.8 Å². The highest BCUT2D eigenvalue weighted by Gasteiger charge is 2.19. The van der Waals surface area contributed by atoms with Crippen LogP contribution in [0.3, 0.4) is 0 Å². The molecule has 1 saturated heterocycles. The minimum Gasteiger partial charge on any atom is -0.393 e. The van der Waals surface area contributed by atoms with E-state index >= 15 is 0 Å². The third-order valence-corrected chi connectivity index (χ3v) is 2.18. The summed E-state index contributed by atoms with van der Waals surface area (Å²) in [4.78, 5) is 2.28. The summed E-state index contributed by atoms with van der Waals surface area (Å²) in [5.74, 6) is 0. The van der Waals surface area contributed by atoms with E-state index in [4.69, 9.17) is 0 Å². The van der Waals surface area contributed by atoms with E-state index in [0.717, 1.165) is 19.4 Å². The fourth-order valence-corrected chi connectivity index (χ4v) is 1.26. The third-order valence-electron chi connectivity index (χ3n) is 2.18. The number of aliphatic hydroxyl groups excluding tert-OH is 1. The maximum atomic E-state index is 9.17. The molecule has 1 heterocycles. The molecular weight excluding hydrogens is 114 g/mol. The van der Waals surface area contributed by atoms with Crippen LogP contribution in [0.5, 0.6) is 0 Å². The summed E-state index contributed by atoms with van der Waals surface area (Å²) in [6.07, 6.45) is 1.84. The van der Waals surface area contributed by atoms with Crippen molar-refractivity contribution in [3.05, 3.63) is 0 Å². The van der Waals surface area contributed by atoms with Crippen LogP contribution in [-0.4, -0.2) is 35.7 Å². The molecule has 9 heavy (non-hydrogen) atoms. The Kier molecular flexibility index (Phi) is 2.09. The van der Waals surface area contributed by atoms with Gasteiger partial charge in [0.1, 0.15) is 0 Å². The molecule has 0 radical (unpaired) electrons. The fourth-order valence-electron chi connectivity index (χ4n) is 1.26. The van der Waals surface area contributed by atoms with Gasteiger partial charge in [-0.05, 0) is 26.8 Å². The molecule has 0 aromatic rings. The number of rotatable bonds is 0. The quantitative estimate of drug-likeness (QED) is 0.513. The predicted octanol–water partition coefficient (Wildman–Crippen LogP) is 0.461. The van der Waals surface area contributed by atoms with Crippen LogP contribution in [0.15, 0.2) is 0 Å². The summed E-state index contributed by atoms with van der Waals surface area (Å²) in [7, 11) is 2.11. The normalized spacial score (nSPS) is 39.0. The highest BCUT2D eigenvalue weighted by molar-refractivity contribution is 4.75. The van der Waals surface area contributed by atoms with Crippen molar-refractivity contribution in [2.45, 2.75) is 31.9 Å². The van der Waals surface area contributed by atoms with Gasteiger partial charge in [0.15, 0.2) is 0 Å². The summed E-state index contributed by atoms with van der Waals surface area (Å²) < 4.78 is 0. The summed E-state index contributed by atoms with van der Waals surface area (Å²) in [6.45, 7) is 3.20. The first-order valence-corrected chi connectivity index (χ1v) is 3.58. The summed E-state index contributed by atoms with van der Waals surface area (Å²) >= 11 is 0. The van der Waals surface area contributed by atoms with Crippen LogP contribution in [0.25, 0.3) is 0 Å². The standard InChI is InChI=1S/C7H15NO/c1-6-5-7(9)3-4-8(6)2/h6-7,9H,3-5H2,1-2H3/t6-,7-/m0/s1. The van der Waals surface area contributed by atoms with Gasteiger partial charge in [-0.2, -0.15) is 0 Å². The molecule has 0 spiro atoms. The molecule has 0 aromatic carbocycles. The molecule has 0 bridgehead atoms. The van der Waals surface area contributed by atoms with Gasteiger partial charge in [0.05, 0.1) is 6.10 Å². The average molecular weight is 129 g/mol. The molecule has 2 heteroatoms. The third kappa shape index (κ3) is 1.66. The van der Waals surface area contributed by atoms with E-state index in [1.54, 1.807) is 0 Å². The lowest BCUT2D eigenvalue weighted by Gasteiger charge is -2.32. The minimum atomic E-state index is -0.0452. The Hall–Kier alpha value is -0.0800. The van der Waals surface area contributed by atoms with Crippen LogP contribution in [0.4, 0.5) is 0 Å². The van der Waals surface area contributed by atoms with Gasteiger partial charge in [0, 0.05) is 12.6 Å². The Morgan fingerprint density at radius 3 is 2.67 bits per heavy atom. The Bertz CT molecular complexity index is 94.9. The lowest BCUT2D eigenvalue weighted by atomic mass is 10.0. The van der Waals surface area contributed by atoms with Crippen molar-refractivity contribution < 1.29 is 5.11 Å². The van der Waals surface area contributed by atoms with E-state index in [1.807, 2.05) is 0 Å². The van der Waals surface area contributed by atoms with E-state index in [2.05, 4.69) is 18.9 Å². The number of aliphatic hydroxyl groups is 1. The zero-order valence-electron chi connectivity index (χ0n) is 6.17. The van der Waals surface area contributed by atoms with Crippen LogP contribution >= 0.6 is 0 Å². The monoisotopic (exact) mass is 129 g/mol. The predicted molar refractivity (Wildman–Crippen MR) is 37.3 cm³/mol. The van der Waals surface area contributed by atoms with Crippen molar-refractivity contribution in [3.63, 3.8) is 0 Å². The van der Waals surface area contributed by atoms with Crippen LogP contribution in [0.2, 0.25) is 0 Å². The van der Waals surface area contributed by atoms with Crippen molar-refractivity contribution in [2.24, 2.45) is 0 Å². The number of piperidine rings is 1. The van der Waals surface area contributed by atoms with Crippen molar-refractivity contribution >= 4 is 0 Å². The van der Waals surface area contributed by atoms with Crippen LogP contribution in [0, 0.1) is 0 Å². The molecule has 1 aliphatic rings. The Morgan fingerprint density at radius 2 is 2.22 bits per heavy atom. The lowest BCUT2D eigenvalue weighted by Crippen LogP contribution is -2.39. The van der Waals surface area contributed by atoms with E-state index in [0.29, 0.717) is 6.04 Å². The van der Waals surface area contributed by atoms with E-state index in [9.17, 15) is 5.11 Å². The summed E-state index contributed by atoms with van der Waals surface area (Å²) in [5, 5.41) is 9.17. The molecule has 1 N–H and O–H groups in total. The number of hydrogen-bond donors (Lipinski definition) is 1. The Morgan fingerprint density at radius 1 is 1.56 bits per heavy atom. The van der Waals surface area contributed by atoms with Gasteiger partial charge in [-0.3, -0.25) is 0 Å². The molecule has 2 atom stereocenters. The first-order valence-electron chi connectivity index (χ1n) is 3.58. The smallest absolute Gasteiger partial charge is 0.0567 e. The molecular formula is C7H15NO. The molecule has 1 aliphatic heterocycles. The van der Waals surface area contributed by atoms with Crippen LogP contribution in [-0.2, 0) is 0 Å². The van der Waals surface area contributed by atoms with Gasteiger partial charge in [0.2, 0.25) is 0 Å². The molecule has 1 fully saturated rings. The number of likely N-dealkylation sites (tertiary alicyclic amines) is 1. The Balaban J connectivity index is 2.35.